The van der Waals surface area contributed by atoms with E-state index in [1.54, 1.807) is 11.3 Å². The minimum Gasteiger partial charge on any atom is -0.488 e. The Kier molecular flexibility index (Phi) is 3.97. The Hall–Kier alpha value is -1.32. The largest absolute Gasteiger partial charge is 0.488 e. The molecular formula is C13H15NOS. The Morgan fingerprint density at radius 2 is 2.00 bits per heavy atom. The maximum Gasteiger partial charge on any atom is 0.122 e. The minimum atomic E-state index is 0.656. The van der Waals surface area contributed by atoms with Crippen LogP contribution in [0.25, 0.3) is 0 Å². The van der Waals surface area contributed by atoms with Gasteiger partial charge in [0.15, 0.2) is 0 Å². The van der Waals surface area contributed by atoms with Crippen molar-refractivity contribution in [1.29, 1.82) is 0 Å². The van der Waals surface area contributed by atoms with E-state index in [2.05, 4.69) is 28.9 Å². The Balaban J connectivity index is 1.90. The third-order valence-corrected chi connectivity index (χ3v) is 3.12. The summed E-state index contributed by atoms with van der Waals surface area (Å²) >= 11 is 1.72. The Labute approximate surface area is 99.9 Å². The molecule has 0 amide bonds. The van der Waals surface area contributed by atoms with E-state index in [0.717, 1.165) is 12.3 Å². The van der Waals surface area contributed by atoms with Crippen LogP contribution >= 0.6 is 11.3 Å². The van der Waals surface area contributed by atoms with Gasteiger partial charge in [-0.15, -0.1) is 11.3 Å². The highest BCUT2D eigenvalue weighted by molar-refractivity contribution is 7.09. The molecule has 0 unspecified atom stereocenters. The smallest absolute Gasteiger partial charge is 0.122 e. The summed E-state index contributed by atoms with van der Waals surface area (Å²) in [5.74, 6) is 0.924. The maximum atomic E-state index is 5.67. The molecule has 0 aliphatic heterocycles. The van der Waals surface area contributed by atoms with E-state index in [-0.39, 0.29) is 0 Å². The van der Waals surface area contributed by atoms with Crippen LogP contribution < -0.4 is 10.1 Å². The fraction of sp³-hybridized carbons (Fsp3) is 0.231. The zero-order valence-corrected chi connectivity index (χ0v) is 10.1. The van der Waals surface area contributed by atoms with E-state index in [9.17, 15) is 0 Å². The lowest BCUT2D eigenvalue weighted by atomic mass is 10.2. The number of nitrogens with one attached hydrogen (secondary N) is 1. The summed E-state index contributed by atoms with van der Waals surface area (Å²) in [5.41, 5.74) is 1.27. The van der Waals surface area contributed by atoms with Gasteiger partial charge in [-0.25, -0.2) is 0 Å². The van der Waals surface area contributed by atoms with Gasteiger partial charge in [-0.3, -0.25) is 0 Å². The summed E-state index contributed by atoms with van der Waals surface area (Å²) in [7, 11) is 1.95. The van der Waals surface area contributed by atoms with E-state index < -0.39 is 0 Å². The molecule has 1 aromatic carbocycles. The molecule has 0 fully saturated rings. The van der Waals surface area contributed by atoms with E-state index in [0.29, 0.717) is 6.61 Å². The molecule has 0 bridgehead atoms. The van der Waals surface area contributed by atoms with Crippen LogP contribution in [-0.2, 0) is 13.2 Å². The number of rotatable bonds is 5. The quantitative estimate of drug-likeness (QED) is 0.857. The van der Waals surface area contributed by atoms with Crippen molar-refractivity contribution in [3.63, 3.8) is 0 Å². The van der Waals surface area contributed by atoms with Crippen molar-refractivity contribution in [2.75, 3.05) is 7.05 Å². The maximum absolute atomic E-state index is 5.67. The van der Waals surface area contributed by atoms with Crippen molar-refractivity contribution in [2.24, 2.45) is 0 Å². The molecule has 16 heavy (non-hydrogen) atoms. The van der Waals surface area contributed by atoms with Crippen LogP contribution in [-0.4, -0.2) is 7.05 Å². The van der Waals surface area contributed by atoms with Crippen molar-refractivity contribution in [2.45, 2.75) is 13.2 Å². The molecule has 0 saturated heterocycles. The first-order chi connectivity index (χ1) is 7.88. The molecule has 1 heterocycles. The third-order valence-electron chi connectivity index (χ3n) is 2.27. The lowest BCUT2D eigenvalue weighted by Gasteiger charge is -2.05. The summed E-state index contributed by atoms with van der Waals surface area (Å²) in [6.07, 6.45) is 0. The molecule has 2 nitrogen and oxygen atoms in total. The van der Waals surface area contributed by atoms with Gasteiger partial charge in [0.2, 0.25) is 0 Å². The molecule has 0 radical (unpaired) electrons. The lowest BCUT2D eigenvalue weighted by molar-refractivity contribution is 0.309. The van der Waals surface area contributed by atoms with Gasteiger partial charge < -0.3 is 10.1 Å². The van der Waals surface area contributed by atoms with Gasteiger partial charge in [0.05, 0.1) is 0 Å². The van der Waals surface area contributed by atoms with Crippen molar-refractivity contribution in [3.05, 3.63) is 52.2 Å². The van der Waals surface area contributed by atoms with Crippen LogP contribution in [0.1, 0.15) is 10.4 Å². The van der Waals surface area contributed by atoms with Crippen LogP contribution in [0.5, 0.6) is 5.75 Å². The fourth-order valence-electron chi connectivity index (χ4n) is 1.46. The second-order valence-corrected chi connectivity index (χ2v) is 4.57. The molecule has 2 aromatic rings. The molecule has 0 atom stereocenters. The van der Waals surface area contributed by atoms with Gasteiger partial charge in [0.1, 0.15) is 12.4 Å². The lowest BCUT2D eigenvalue weighted by Crippen LogP contribution is -2.04. The summed E-state index contributed by atoms with van der Waals surface area (Å²) in [5, 5.41) is 5.18. The summed E-state index contributed by atoms with van der Waals surface area (Å²) in [4.78, 5) is 1.25. The molecule has 2 rings (SSSR count). The SMILES string of the molecule is CNCc1ccc(OCc2cccs2)cc1. The van der Waals surface area contributed by atoms with Crippen LogP contribution in [0, 0.1) is 0 Å². The van der Waals surface area contributed by atoms with Crippen LogP contribution in [0.4, 0.5) is 0 Å². The number of hydrogen-bond donors (Lipinski definition) is 1. The number of thiophene rings is 1. The first kappa shape index (κ1) is 11.2. The number of benzene rings is 1. The van der Waals surface area contributed by atoms with E-state index >= 15 is 0 Å². The first-order valence-electron chi connectivity index (χ1n) is 5.27. The number of hydrogen-bond acceptors (Lipinski definition) is 3. The zero-order valence-electron chi connectivity index (χ0n) is 9.27. The van der Waals surface area contributed by atoms with Gasteiger partial charge in [-0.1, -0.05) is 18.2 Å². The highest BCUT2D eigenvalue weighted by Gasteiger charge is 1.97. The second kappa shape index (κ2) is 5.68. The van der Waals surface area contributed by atoms with Crippen LogP contribution in [0.2, 0.25) is 0 Å². The monoisotopic (exact) mass is 233 g/mol. The second-order valence-electron chi connectivity index (χ2n) is 3.54. The van der Waals surface area contributed by atoms with Crippen molar-refractivity contribution < 1.29 is 4.74 Å². The average Bonchev–Trinajstić information content (AvgIpc) is 2.82. The normalized spacial score (nSPS) is 10.3. The fourth-order valence-corrected chi connectivity index (χ4v) is 2.07. The van der Waals surface area contributed by atoms with Gasteiger partial charge in [-0.05, 0) is 36.2 Å². The molecule has 0 aliphatic rings. The highest BCUT2D eigenvalue weighted by atomic mass is 32.1. The molecular weight excluding hydrogens is 218 g/mol. The summed E-state index contributed by atoms with van der Waals surface area (Å²) in [6.45, 7) is 1.55. The number of ether oxygens (including phenoxy) is 1. The van der Waals surface area contributed by atoms with Gasteiger partial charge in [0, 0.05) is 11.4 Å². The van der Waals surface area contributed by atoms with E-state index in [4.69, 9.17) is 4.74 Å². The van der Waals surface area contributed by atoms with Gasteiger partial charge >= 0.3 is 0 Å². The van der Waals surface area contributed by atoms with Crippen molar-refractivity contribution in [1.82, 2.24) is 5.32 Å². The van der Waals surface area contributed by atoms with E-state index in [1.165, 1.54) is 10.4 Å². The topological polar surface area (TPSA) is 21.3 Å². The van der Waals surface area contributed by atoms with Gasteiger partial charge in [0.25, 0.3) is 0 Å². The van der Waals surface area contributed by atoms with Crippen LogP contribution in [0.15, 0.2) is 41.8 Å². The zero-order chi connectivity index (χ0) is 11.2. The summed E-state index contributed by atoms with van der Waals surface area (Å²) in [6, 6.07) is 12.3. The molecule has 3 heteroatoms. The molecule has 1 aromatic heterocycles. The van der Waals surface area contributed by atoms with Crippen molar-refractivity contribution in [3.8, 4) is 5.75 Å². The first-order valence-corrected chi connectivity index (χ1v) is 6.15. The predicted molar refractivity (Wildman–Crippen MR) is 67.9 cm³/mol. The predicted octanol–water partition coefficient (Wildman–Crippen LogP) is 3.05. The molecule has 0 aliphatic carbocycles. The Morgan fingerprint density at radius 3 is 2.62 bits per heavy atom. The minimum absolute atomic E-state index is 0.656. The molecule has 84 valence electrons. The Morgan fingerprint density at radius 1 is 1.19 bits per heavy atom. The molecule has 0 spiro atoms. The Bertz CT molecular complexity index is 408. The van der Waals surface area contributed by atoms with Crippen LogP contribution in [0.3, 0.4) is 0 Å². The van der Waals surface area contributed by atoms with Crippen molar-refractivity contribution >= 4 is 11.3 Å². The van der Waals surface area contributed by atoms with E-state index in [1.807, 2.05) is 25.2 Å². The molecule has 0 saturated carbocycles. The summed E-state index contributed by atoms with van der Waals surface area (Å²) < 4.78 is 5.67. The highest BCUT2D eigenvalue weighted by Crippen LogP contribution is 2.16. The standard InChI is InChI=1S/C13H15NOS/c1-14-9-11-4-6-12(7-5-11)15-10-13-3-2-8-16-13/h2-8,14H,9-10H2,1H3. The average molecular weight is 233 g/mol. The van der Waals surface area contributed by atoms with Gasteiger partial charge in [-0.2, -0.15) is 0 Å². The third kappa shape index (κ3) is 3.08. The molecule has 1 N–H and O–H groups in total.